The van der Waals surface area contributed by atoms with Crippen LogP contribution in [-0.4, -0.2) is 34.9 Å². The molecule has 3 rings (SSSR count). The summed E-state index contributed by atoms with van der Waals surface area (Å²) in [4.78, 5) is 24.0. The lowest BCUT2D eigenvalue weighted by atomic mass is 10.1. The second kappa shape index (κ2) is 7.24. The lowest BCUT2D eigenvalue weighted by molar-refractivity contribution is -0.114. The van der Waals surface area contributed by atoms with E-state index in [2.05, 4.69) is 21.0 Å². The molecule has 1 aliphatic rings. The van der Waals surface area contributed by atoms with Crippen LogP contribution in [0, 0.1) is 0 Å². The first kappa shape index (κ1) is 18.7. The van der Waals surface area contributed by atoms with Crippen molar-refractivity contribution in [3.05, 3.63) is 57.6 Å². The van der Waals surface area contributed by atoms with E-state index in [0.717, 1.165) is 0 Å². The van der Waals surface area contributed by atoms with Gasteiger partial charge in [-0.05, 0) is 64.8 Å². The first-order valence-electron chi connectivity index (χ1n) is 7.83. The average Bonchev–Trinajstić information content (AvgIpc) is 2.92. The average molecular weight is 431 g/mol. The van der Waals surface area contributed by atoms with Crippen molar-refractivity contribution < 1.29 is 24.5 Å². The zero-order chi connectivity index (χ0) is 19.7. The summed E-state index contributed by atoms with van der Waals surface area (Å²) in [6, 6.07) is 9.26. The molecule has 0 saturated carbocycles. The monoisotopic (exact) mass is 430 g/mol. The SMILES string of the molecule is COc1cc(/C=C2\C(=O)N(c3cccc(C(=O)O)c3)N=C2C)cc(Br)c1O. The number of carboxylic acids is 1. The minimum atomic E-state index is -1.08. The molecule has 0 saturated heterocycles. The summed E-state index contributed by atoms with van der Waals surface area (Å²) < 4.78 is 5.55. The van der Waals surface area contributed by atoms with Crippen LogP contribution >= 0.6 is 15.9 Å². The molecule has 0 aromatic heterocycles. The summed E-state index contributed by atoms with van der Waals surface area (Å²) in [5, 5.41) is 24.5. The molecular weight excluding hydrogens is 416 g/mol. The van der Waals surface area contributed by atoms with Crippen LogP contribution in [0.15, 0.2) is 51.5 Å². The number of hydrazone groups is 1. The Kier molecular flexibility index (Phi) is 5.00. The van der Waals surface area contributed by atoms with Gasteiger partial charge in [0, 0.05) is 0 Å². The lowest BCUT2D eigenvalue weighted by Gasteiger charge is -2.12. The number of ether oxygens (including phenoxy) is 1. The zero-order valence-corrected chi connectivity index (χ0v) is 16.0. The van der Waals surface area contributed by atoms with Crippen LogP contribution in [0.2, 0.25) is 0 Å². The second-order valence-electron chi connectivity index (χ2n) is 5.77. The molecule has 2 N–H and O–H groups in total. The van der Waals surface area contributed by atoms with Crippen molar-refractivity contribution in [1.82, 2.24) is 0 Å². The van der Waals surface area contributed by atoms with E-state index >= 15 is 0 Å². The summed E-state index contributed by atoms with van der Waals surface area (Å²) in [6.07, 6.45) is 1.63. The van der Waals surface area contributed by atoms with Crippen molar-refractivity contribution in [3.8, 4) is 11.5 Å². The number of hydrogen-bond acceptors (Lipinski definition) is 5. The lowest BCUT2D eigenvalue weighted by Crippen LogP contribution is -2.21. The number of amides is 1. The molecule has 7 nitrogen and oxygen atoms in total. The molecule has 2 aromatic rings. The quantitative estimate of drug-likeness (QED) is 0.720. The van der Waals surface area contributed by atoms with Gasteiger partial charge in [0.1, 0.15) is 0 Å². The number of rotatable bonds is 4. The molecule has 1 heterocycles. The number of carbonyl (C=O) groups excluding carboxylic acids is 1. The van der Waals surface area contributed by atoms with E-state index in [1.807, 2.05) is 0 Å². The fraction of sp³-hybridized carbons (Fsp3) is 0.105. The van der Waals surface area contributed by atoms with Gasteiger partial charge in [-0.2, -0.15) is 10.1 Å². The molecule has 27 heavy (non-hydrogen) atoms. The maximum atomic E-state index is 12.8. The van der Waals surface area contributed by atoms with Crippen LogP contribution in [0.5, 0.6) is 11.5 Å². The Bertz CT molecular complexity index is 1010. The van der Waals surface area contributed by atoms with Gasteiger partial charge in [0.15, 0.2) is 11.5 Å². The zero-order valence-electron chi connectivity index (χ0n) is 14.4. The Morgan fingerprint density at radius 1 is 1.30 bits per heavy atom. The number of aromatic carboxylic acids is 1. The maximum absolute atomic E-state index is 12.8. The van der Waals surface area contributed by atoms with Gasteiger partial charge in [0.25, 0.3) is 5.91 Å². The topological polar surface area (TPSA) is 99.4 Å². The maximum Gasteiger partial charge on any atom is 0.335 e. The van der Waals surface area contributed by atoms with E-state index in [4.69, 9.17) is 9.84 Å². The van der Waals surface area contributed by atoms with Crippen LogP contribution < -0.4 is 9.75 Å². The number of aromatic hydroxyl groups is 1. The van der Waals surface area contributed by atoms with Crippen molar-refractivity contribution in [2.75, 3.05) is 12.1 Å². The standard InChI is InChI=1S/C19H15BrN2O5/c1-10-14(6-11-7-15(20)17(23)16(8-11)27-2)18(24)22(21-10)13-5-3-4-12(9-13)19(25)26/h3-9,23H,1-2H3,(H,25,26)/b14-6-. The second-order valence-corrected chi connectivity index (χ2v) is 6.62. The number of nitrogens with zero attached hydrogens (tertiary/aromatic N) is 2. The van der Waals surface area contributed by atoms with Crippen LogP contribution in [0.25, 0.3) is 6.08 Å². The summed E-state index contributed by atoms with van der Waals surface area (Å²) >= 11 is 3.25. The van der Waals surface area contributed by atoms with Crippen LogP contribution in [0.3, 0.4) is 0 Å². The molecule has 0 fully saturated rings. The molecule has 0 aliphatic carbocycles. The molecule has 0 unspecified atom stereocenters. The highest BCUT2D eigenvalue weighted by molar-refractivity contribution is 9.10. The number of methoxy groups -OCH3 is 1. The Morgan fingerprint density at radius 3 is 2.70 bits per heavy atom. The third kappa shape index (κ3) is 3.56. The summed E-state index contributed by atoms with van der Waals surface area (Å²) in [6.45, 7) is 1.69. The highest BCUT2D eigenvalue weighted by atomic mass is 79.9. The predicted octanol–water partition coefficient (Wildman–Crippen LogP) is 3.67. The molecule has 0 spiro atoms. The number of carbonyl (C=O) groups is 2. The normalized spacial score (nSPS) is 15.2. The fourth-order valence-electron chi connectivity index (χ4n) is 2.63. The molecule has 8 heteroatoms. The molecule has 1 amide bonds. The number of hydrogen-bond donors (Lipinski definition) is 2. The van der Waals surface area contributed by atoms with Gasteiger partial charge in [0.2, 0.25) is 0 Å². The minimum absolute atomic E-state index is 0.0325. The number of phenolic OH excluding ortho intramolecular Hbond substituents is 1. The van der Waals surface area contributed by atoms with E-state index in [0.29, 0.717) is 27.0 Å². The smallest absolute Gasteiger partial charge is 0.335 e. The van der Waals surface area contributed by atoms with E-state index < -0.39 is 5.97 Å². The summed E-state index contributed by atoms with van der Waals surface area (Å²) in [5.41, 5.74) is 1.92. The number of anilines is 1. The molecule has 2 aromatic carbocycles. The van der Waals surface area contributed by atoms with Crippen molar-refractivity contribution >= 4 is 45.3 Å². The van der Waals surface area contributed by atoms with Gasteiger partial charge in [-0.15, -0.1) is 0 Å². The number of carboxylic acid groups (broad SMARTS) is 1. The highest BCUT2D eigenvalue weighted by Gasteiger charge is 2.29. The van der Waals surface area contributed by atoms with E-state index in [1.165, 1.54) is 24.3 Å². The number of benzene rings is 2. The first-order chi connectivity index (χ1) is 12.8. The van der Waals surface area contributed by atoms with Gasteiger partial charge in [-0.3, -0.25) is 4.79 Å². The third-order valence-electron chi connectivity index (χ3n) is 3.98. The molecule has 138 valence electrons. The van der Waals surface area contributed by atoms with Gasteiger partial charge >= 0.3 is 5.97 Å². The van der Waals surface area contributed by atoms with E-state index in [9.17, 15) is 14.7 Å². The van der Waals surface area contributed by atoms with Crippen molar-refractivity contribution in [2.45, 2.75) is 6.92 Å². The Balaban J connectivity index is 1.99. The van der Waals surface area contributed by atoms with Gasteiger partial charge in [-0.25, -0.2) is 4.79 Å². The molecular formula is C19H15BrN2O5. The largest absolute Gasteiger partial charge is 0.503 e. The van der Waals surface area contributed by atoms with Gasteiger partial charge < -0.3 is 14.9 Å². The van der Waals surface area contributed by atoms with Crippen LogP contribution in [-0.2, 0) is 4.79 Å². The van der Waals surface area contributed by atoms with Crippen molar-refractivity contribution in [3.63, 3.8) is 0 Å². The molecule has 1 aliphatic heterocycles. The van der Waals surface area contributed by atoms with Crippen molar-refractivity contribution in [2.24, 2.45) is 5.10 Å². The van der Waals surface area contributed by atoms with Gasteiger partial charge in [0.05, 0.1) is 34.1 Å². The van der Waals surface area contributed by atoms with E-state index in [1.54, 1.807) is 37.3 Å². The predicted molar refractivity (Wildman–Crippen MR) is 104 cm³/mol. The van der Waals surface area contributed by atoms with E-state index in [-0.39, 0.29) is 23.0 Å². The highest BCUT2D eigenvalue weighted by Crippen LogP contribution is 2.36. The Morgan fingerprint density at radius 2 is 2.04 bits per heavy atom. The van der Waals surface area contributed by atoms with Crippen LogP contribution in [0.4, 0.5) is 5.69 Å². The molecule has 0 radical (unpaired) electrons. The summed E-state index contributed by atoms with van der Waals surface area (Å²) in [7, 11) is 1.43. The first-order valence-corrected chi connectivity index (χ1v) is 8.62. The van der Waals surface area contributed by atoms with Crippen LogP contribution in [0.1, 0.15) is 22.8 Å². The minimum Gasteiger partial charge on any atom is -0.503 e. The number of phenols is 1. The fourth-order valence-corrected chi connectivity index (χ4v) is 3.09. The molecule has 0 bridgehead atoms. The molecule has 0 atom stereocenters. The Hall–Kier alpha value is -3.13. The van der Waals surface area contributed by atoms with Gasteiger partial charge in [-0.1, -0.05) is 6.07 Å². The number of halogens is 1. The third-order valence-corrected chi connectivity index (χ3v) is 4.59. The summed E-state index contributed by atoms with van der Waals surface area (Å²) in [5.74, 6) is -1.23. The Labute approximate surface area is 163 Å². The van der Waals surface area contributed by atoms with Crippen molar-refractivity contribution in [1.29, 1.82) is 0 Å².